The van der Waals surface area contributed by atoms with Crippen LogP contribution in [0.2, 0.25) is 0 Å². The molecule has 2 aliphatic rings. The number of piperidine rings is 1. The molecule has 2 amide bonds. The normalized spacial score (nSPS) is 16.6. The van der Waals surface area contributed by atoms with E-state index in [1.54, 1.807) is 18.2 Å². The molecule has 146 valence electrons. The third kappa shape index (κ3) is 4.43. The molecule has 2 aromatic rings. The van der Waals surface area contributed by atoms with Crippen LogP contribution in [0.1, 0.15) is 23.2 Å². The average Bonchev–Trinajstić information content (AvgIpc) is 3.18. The first-order chi connectivity index (χ1) is 13.7. The topological polar surface area (TPSA) is 79.9 Å². The average molecular weight is 381 g/mol. The molecule has 2 aromatic carbocycles. The van der Waals surface area contributed by atoms with Crippen molar-refractivity contribution in [2.45, 2.75) is 18.9 Å². The van der Waals surface area contributed by atoms with Gasteiger partial charge < -0.3 is 20.1 Å². The van der Waals surface area contributed by atoms with Crippen LogP contribution < -0.4 is 20.1 Å². The zero-order valence-electron chi connectivity index (χ0n) is 15.5. The van der Waals surface area contributed by atoms with Crippen LogP contribution in [0.15, 0.2) is 48.5 Å². The second-order valence-electron chi connectivity index (χ2n) is 7.01. The number of anilines is 1. The first-order valence-electron chi connectivity index (χ1n) is 9.45. The molecule has 0 aliphatic carbocycles. The van der Waals surface area contributed by atoms with E-state index in [1.807, 2.05) is 30.3 Å². The van der Waals surface area contributed by atoms with E-state index in [0.717, 1.165) is 25.9 Å². The Morgan fingerprint density at radius 1 is 1.00 bits per heavy atom. The lowest BCUT2D eigenvalue weighted by Gasteiger charge is -2.31. The van der Waals surface area contributed by atoms with Crippen LogP contribution in [0.5, 0.6) is 11.5 Å². The number of nitrogens with one attached hydrogen (secondary N) is 2. The molecule has 0 aromatic heterocycles. The first-order valence-corrected chi connectivity index (χ1v) is 9.45. The van der Waals surface area contributed by atoms with E-state index in [2.05, 4.69) is 15.5 Å². The molecular formula is C21H23N3O4. The minimum absolute atomic E-state index is 0.0420. The van der Waals surface area contributed by atoms with E-state index >= 15 is 0 Å². The van der Waals surface area contributed by atoms with Gasteiger partial charge in [-0.25, -0.2) is 0 Å². The van der Waals surface area contributed by atoms with Crippen LogP contribution in [0.3, 0.4) is 0 Å². The fraction of sp³-hybridized carbons (Fsp3) is 0.333. The number of hydrogen-bond acceptors (Lipinski definition) is 5. The number of likely N-dealkylation sites (tertiary alicyclic amines) is 1. The molecule has 2 N–H and O–H groups in total. The quantitative estimate of drug-likeness (QED) is 0.830. The number of carbonyl (C=O) groups is 2. The van der Waals surface area contributed by atoms with Crippen molar-refractivity contribution in [2.24, 2.45) is 0 Å². The van der Waals surface area contributed by atoms with Crippen LogP contribution in [0.4, 0.5) is 5.69 Å². The summed E-state index contributed by atoms with van der Waals surface area (Å²) in [5.41, 5.74) is 1.37. The predicted octanol–water partition coefficient (Wildman–Crippen LogP) is 2.25. The zero-order valence-corrected chi connectivity index (χ0v) is 15.5. The summed E-state index contributed by atoms with van der Waals surface area (Å²) in [5, 5.41) is 5.98. The Morgan fingerprint density at radius 3 is 2.54 bits per heavy atom. The molecule has 0 spiro atoms. The zero-order chi connectivity index (χ0) is 19.3. The molecule has 4 rings (SSSR count). The lowest BCUT2D eigenvalue weighted by Crippen LogP contribution is -2.46. The fourth-order valence-corrected chi connectivity index (χ4v) is 3.47. The summed E-state index contributed by atoms with van der Waals surface area (Å²) >= 11 is 0. The molecule has 1 saturated heterocycles. The van der Waals surface area contributed by atoms with E-state index in [-0.39, 0.29) is 24.6 Å². The maximum Gasteiger partial charge on any atom is 0.251 e. The summed E-state index contributed by atoms with van der Waals surface area (Å²) in [4.78, 5) is 26.7. The highest BCUT2D eigenvalue weighted by Crippen LogP contribution is 2.34. The Morgan fingerprint density at radius 2 is 1.75 bits per heavy atom. The van der Waals surface area contributed by atoms with Gasteiger partial charge in [0.15, 0.2) is 11.5 Å². The van der Waals surface area contributed by atoms with Gasteiger partial charge in [0.1, 0.15) is 0 Å². The number of nitrogens with zero attached hydrogens (tertiary/aromatic N) is 1. The van der Waals surface area contributed by atoms with Gasteiger partial charge in [-0.3, -0.25) is 14.5 Å². The number of fused-ring (bicyclic) bond motifs is 1. The molecule has 0 unspecified atom stereocenters. The Labute approximate surface area is 163 Å². The molecule has 28 heavy (non-hydrogen) atoms. The Hall–Kier alpha value is -3.06. The van der Waals surface area contributed by atoms with Gasteiger partial charge in [-0.2, -0.15) is 0 Å². The van der Waals surface area contributed by atoms with Crippen molar-refractivity contribution in [3.63, 3.8) is 0 Å². The number of hydrogen-bond donors (Lipinski definition) is 2. The summed E-state index contributed by atoms with van der Waals surface area (Å²) in [7, 11) is 0. The van der Waals surface area contributed by atoms with Crippen LogP contribution in [0.25, 0.3) is 0 Å². The second kappa shape index (κ2) is 8.31. The number of rotatable bonds is 5. The van der Waals surface area contributed by atoms with Gasteiger partial charge in [0.2, 0.25) is 12.7 Å². The summed E-state index contributed by atoms with van der Waals surface area (Å²) in [5.74, 6) is 1.23. The van der Waals surface area contributed by atoms with Crippen molar-refractivity contribution < 1.29 is 19.1 Å². The molecule has 7 nitrogen and oxygen atoms in total. The van der Waals surface area contributed by atoms with Crippen LogP contribution >= 0.6 is 0 Å². The van der Waals surface area contributed by atoms with Crippen molar-refractivity contribution >= 4 is 17.5 Å². The van der Waals surface area contributed by atoms with Crippen molar-refractivity contribution in [2.75, 3.05) is 31.7 Å². The molecule has 2 aliphatic heterocycles. The van der Waals surface area contributed by atoms with Gasteiger partial charge in [-0.05, 0) is 37.1 Å². The number of amides is 2. The first kappa shape index (κ1) is 18.3. The van der Waals surface area contributed by atoms with Gasteiger partial charge in [0.05, 0.1) is 6.54 Å². The number of ether oxygens (including phenoxy) is 2. The third-order valence-electron chi connectivity index (χ3n) is 4.98. The summed E-state index contributed by atoms with van der Waals surface area (Å²) < 4.78 is 10.6. The molecule has 2 heterocycles. The van der Waals surface area contributed by atoms with Gasteiger partial charge in [0.25, 0.3) is 5.91 Å². The van der Waals surface area contributed by atoms with Gasteiger partial charge in [0, 0.05) is 36.4 Å². The van der Waals surface area contributed by atoms with Gasteiger partial charge >= 0.3 is 0 Å². The molecule has 1 fully saturated rings. The fourth-order valence-electron chi connectivity index (χ4n) is 3.47. The highest BCUT2D eigenvalue weighted by atomic mass is 16.7. The standard InChI is InChI=1S/C21H23N3O4/c25-20(22-17-6-7-18-19(12-17)28-14-27-18)13-24-10-8-16(9-11-24)23-21(26)15-4-2-1-3-5-15/h1-7,12,16H,8-11,13-14H2,(H,22,25)(H,23,26). The van der Waals surface area contributed by atoms with Crippen molar-refractivity contribution in [3.8, 4) is 11.5 Å². The van der Waals surface area contributed by atoms with E-state index in [4.69, 9.17) is 9.47 Å². The third-order valence-corrected chi connectivity index (χ3v) is 4.98. The van der Waals surface area contributed by atoms with E-state index in [9.17, 15) is 9.59 Å². The molecule has 0 radical (unpaired) electrons. The maximum absolute atomic E-state index is 12.3. The van der Waals surface area contributed by atoms with E-state index in [0.29, 0.717) is 29.3 Å². The van der Waals surface area contributed by atoms with Crippen LogP contribution in [0, 0.1) is 0 Å². The number of benzene rings is 2. The lowest BCUT2D eigenvalue weighted by molar-refractivity contribution is -0.117. The molecule has 0 bridgehead atoms. The highest BCUT2D eigenvalue weighted by molar-refractivity contribution is 5.94. The van der Waals surface area contributed by atoms with Gasteiger partial charge in [-0.15, -0.1) is 0 Å². The monoisotopic (exact) mass is 381 g/mol. The van der Waals surface area contributed by atoms with Crippen LogP contribution in [-0.4, -0.2) is 49.2 Å². The SMILES string of the molecule is O=C(CN1CCC(NC(=O)c2ccccc2)CC1)Nc1ccc2c(c1)OCO2. The summed E-state index contributed by atoms with van der Waals surface area (Å²) in [6, 6.07) is 14.7. The Bertz CT molecular complexity index is 848. The lowest BCUT2D eigenvalue weighted by atomic mass is 10.0. The molecule has 0 saturated carbocycles. The summed E-state index contributed by atoms with van der Waals surface area (Å²) in [6.45, 7) is 2.08. The van der Waals surface area contributed by atoms with Gasteiger partial charge in [-0.1, -0.05) is 18.2 Å². The number of carbonyl (C=O) groups excluding carboxylic acids is 2. The van der Waals surface area contributed by atoms with Crippen molar-refractivity contribution in [3.05, 3.63) is 54.1 Å². The second-order valence-corrected chi connectivity index (χ2v) is 7.01. The molecule has 0 atom stereocenters. The Balaban J connectivity index is 1.22. The minimum atomic E-state index is -0.0642. The van der Waals surface area contributed by atoms with E-state index < -0.39 is 0 Å². The minimum Gasteiger partial charge on any atom is -0.454 e. The van der Waals surface area contributed by atoms with Crippen molar-refractivity contribution in [1.29, 1.82) is 0 Å². The molecular weight excluding hydrogens is 358 g/mol. The Kier molecular flexibility index (Phi) is 5.43. The maximum atomic E-state index is 12.3. The smallest absolute Gasteiger partial charge is 0.251 e. The van der Waals surface area contributed by atoms with Crippen LogP contribution in [-0.2, 0) is 4.79 Å². The summed E-state index contributed by atoms with van der Waals surface area (Å²) in [6.07, 6.45) is 1.66. The molecule has 7 heteroatoms. The largest absolute Gasteiger partial charge is 0.454 e. The predicted molar refractivity (Wildman–Crippen MR) is 105 cm³/mol. The highest BCUT2D eigenvalue weighted by Gasteiger charge is 2.23. The van der Waals surface area contributed by atoms with Crippen molar-refractivity contribution in [1.82, 2.24) is 10.2 Å². The van der Waals surface area contributed by atoms with E-state index in [1.165, 1.54) is 0 Å².